The number of carbonyl (C=O) groups excluding carboxylic acids is 1. The number of nitrogens with zero attached hydrogens (tertiary/aromatic N) is 4. The molecule has 0 radical (unpaired) electrons. The number of hydrogen-bond donors (Lipinski definition) is 1. The number of H-pyrrole nitrogens is 1. The third-order valence-electron chi connectivity index (χ3n) is 4.05. The molecule has 0 amide bonds. The van der Waals surface area contributed by atoms with Crippen molar-refractivity contribution in [2.24, 2.45) is 0 Å². The second-order valence-corrected chi connectivity index (χ2v) is 5.99. The molecular formula is C20H17N5O. The predicted octanol–water partition coefficient (Wildman–Crippen LogP) is 3.50. The van der Waals surface area contributed by atoms with E-state index >= 15 is 0 Å². The normalized spacial score (nSPS) is 11.4. The van der Waals surface area contributed by atoms with Gasteiger partial charge in [0.25, 0.3) is 0 Å². The number of benzene rings is 1. The topological polar surface area (TPSA) is 76.5 Å². The van der Waals surface area contributed by atoms with Crippen LogP contribution in [0.3, 0.4) is 0 Å². The molecule has 1 aromatic carbocycles. The molecule has 0 saturated heterocycles. The molecule has 3 aromatic heterocycles. The maximum absolute atomic E-state index is 11.1. The summed E-state index contributed by atoms with van der Waals surface area (Å²) in [6.45, 7) is 1.54. The van der Waals surface area contributed by atoms with Gasteiger partial charge in [0, 0.05) is 23.5 Å². The first kappa shape index (κ1) is 16.0. The Kier molecular flexibility index (Phi) is 4.15. The summed E-state index contributed by atoms with van der Waals surface area (Å²) in [6, 6.07) is 9.92. The predicted molar refractivity (Wildman–Crippen MR) is 100.0 cm³/mol. The average molecular weight is 343 g/mol. The van der Waals surface area contributed by atoms with Crippen LogP contribution >= 0.6 is 0 Å². The van der Waals surface area contributed by atoms with Crippen LogP contribution in [0, 0.1) is 0 Å². The number of ketones is 1. The van der Waals surface area contributed by atoms with Gasteiger partial charge in [-0.2, -0.15) is 5.10 Å². The number of carbonyl (C=O) groups is 1. The first-order valence-electron chi connectivity index (χ1n) is 8.31. The Morgan fingerprint density at radius 3 is 2.88 bits per heavy atom. The second-order valence-electron chi connectivity index (χ2n) is 5.99. The molecule has 0 aliphatic carbocycles. The minimum atomic E-state index is 0.0324. The third kappa shape index (κ3) is 3.17. The molecule has 0 aliphatic heterocycles. The Bertz CT molecular complexity index is 1090. The van der Waals surface area contributed by atoms with Gasteiger partial charge in [-0.3, -0.25) is 4.79 Å². The summed E-state index contributed by atoms with van der Waals surface area (Å²) in [5, 5.41) is 4.41. The lowest BCUT2D eigenvalue weighted by atomic mass is 10.2. The number of allylic oxidation sites excluding steroid dienone is 2. The molecule has 4 rings (SSSR count). The molecule has 3 heterocycles. The van der Waals surface area contributed by atoms with Gasteiger partial charge in [0.05, 0.1) is 23.8 Å². The van der Waals surface area contributed by atoms with Crippen LogP contribution < -0.4 is 0 Å². The van der Waals surface area contributed by atoms with E-state index in [0.29, 0.717) is 6.42 Å². The fourth-order valence-corrected chi connectivity index (χ4v) is 2.77. The molecule has 0 aliphatic rings. The van der Waals surface area contributed by atoms with Crippen molar-refractivity contribution in [3.05, 3.63) is 72.8 Å². The van der Waals surface area contributed by atoms with E-state index in [1.54, 1.807) is 18.5 Å². The SMILES string of the molecule is CC(=O)C=CCc1c[nH]c2ncc(-c3cnn(-c4ccccc4)c3)nc12. The number of rotatable bonds is 5. The van der Waals surface area contributed by atoms with Crippen LogP contribution in [0.2, 0.25) is 0 Å². The van der Waals surface area contributed by atoms with Crippen LogP contribution in [0.25, 0.3) is 28.1 Å². The summed E-state index contributed by atoms with van der Waals surface area (Å²) in [7, 11) is 0. The van der Waals surface area contributed by atoms with E-state index in [-0.39, 0.29) is 5.78 Å². The number of para-hydroxylation sites is 1. The molecule has 6 nitrogen and oxygen atoms in total. The molecule has 0 unspecified atom stereocenters. The van der Waals surface area contributed by atoms with E-state index in [9.17, 15) is 4.79 Å². The van der Waals surface area contributed by atoms with Gasteiger partial charge in [0.15, 0.2) is 11.4 Å². The van der Waals surface area contributed by atoms with Crippen LogP contribution in [-0.2, 0) is 11.2 Å². The van der Waals surface area contributed by atoms with Crippen LogP contribution in [0.15, 0.2) is 67.3 Å². The monoisotopic (exact) mass is 343 g/mol. The minimum absolute atomic E-state index is 0.0324. The highest BCUT2D eigenvalue weighted by Crippen LogP contribution is 2.22. The van der Waals surface area contributed by atoms with Gasteiger partial charge in [-0.25, -0.2) is 14.6 Å². The van der Waals surface area contributed by atoms with Crippen molar-refractivity contribution in [2.75, 3.05) is 0 Å². The van der Waals surface area contributed by atoms with Gasteiger partial charge in [0.2, 0.25) is 0 Å². The maximum atomic E-state index is 11.1. The fraction of sp³-hybridized carbons (Fsp3) is 0.100. The quantitative estimate of drug-likeness (QED) is 0.563. The van der Waals surface area contributed by atoms with Gasteiger partial charge in [-0.05, 0) is 31.6 Å². The number of aromatic amines is 1. The van der Waals surface area contributed by atoms with Gasteiger partial charge >= 0.3 is 0 Å². The standard InChI is InChI=1S/C20H17N5O/c1-14(26)6-5-7-15-10-21-20-19(15)24-18(12-22-20)16-11-23-25(13-16)17-8-3-2-4-9-17/h2-6,8-13H,7H2,1H3,(H,21,22). The number of fused-ring (bicyclic) bond motifs is 1. The molecule has 0 spiro atoms. The highest BCUT2D eigenvalue weighted by Gasteiger charge is 2.10. The molecule has 4 aromatic rings. The molecule has 1 N–H and O–H groups in total. The largest absolute Gasteiger partial charge is 0.345 e. The maximum Gasteiger partial charge on any atom is 0.156 e. The van der Waals surface area contributed by atoms with Crippen molar-refractivity contribution in [3.8, 4) is 16.9 Å². The van der Waals surface area contributed by atoms with Crippen molar-refractivity contribution in [3.63, 3.8) is 0 Å². The van der Waals surface area contributed by atoms with E-state index in [1.165, 1.54) is 6.92 Å². The highest BCUT2D eigenvalue weighted by molar-refractivity contribution is 5.87. The molecule has 0 fully saturated rings. The Hall–Kier alpha value is -3.54. The van der Waals surface area contributed by atoms with Crippen LogP contribution in [0.4, 0.5) is 0 Å². The molecule has 0 atom stereocenters. The lowest BCUT2D eigenvalue weighted by molar-refractivity contribution is -0.112. The molecule has 6 heteroatoms. The Labute approximate surface area is 150 Å². The minimum Gasteiger partial charge on any atom is -0.345 e. The number of aromatic nitrogens is 5. The summed E-state index contributed by atoms with van der Waals surface area (Å²) >= 11 is 0. The Balaban J connectivity index is 1.67. The molecule has 128 valence electrons. The summed E-state index contributed by atoms with van der Waals surface area (Å²) in [6.07, 6.45) is 11.4. The van der Waals surface area contributed by atoms with E-state index < -0.39 is 0 Å². The van der Waals surface area contributed by atoms with Crippen LogP contribution in [0.5, 0.6) is 0 Å². The summed E-state index contributed by atoms with van der Waals surface area (Å²) in [4.78, 5) is 23.4. The number of nitrogens with one attached hydrogen (secondary N) is 1. The summed E-state index contributed by atoms with van der Waals surface area (Å²) < 4.78 is 1.81. The van der Waals surface area contributed by atoms with Crippen molar-refractivity contribution < 1.29 is 4.79 Å². The molecule has 0 saturated carbocycles. The van der Waals surface area contributed by atoms with E-state index in [0.717, 1.165) is 33.7 Å². The van der Waals surface area contributed by atoms with Crippen molar-refractivity contribution >= 4 is 16.9 Å². The van der Waals surface area contributed by atoms with Gasteiger partial charge in [0.1, 0.15) is 5.52 Å². The van der Waals surface area contributed by atoms with Gasteiger partial charge in [-0.15, -0.1) is 0 Å². The Morgan fingerprint density at radius 2 is 2.08 bits per heavy atom. The lowest BCUT2D eigenvalue weighted by Crippen LogP contribution is -1.92. The first-order chi connectivity index (χ1) is 12.7. The van der Waals surface area contributed by atoms with E-state index in [2.05, 4.69) is 15.1 Å². The lowest BCUT2D eigenvalue weighted by Gasteiger charge is -2.00. The zero-order valence-corrected chi connectivity index (χ0v) is 14.3. The van der Waals surface area contributed by atoms with Gasteiger partial charge in [-0.1, -0.05) is 24.3 Å². The van der Waals surface area contributed by atoms with Crippen molar-refractivity contribution in [2.45, 2.75) is 13.3 Å². The smallest absolute Gasteiger partial charge is 0.156 e. The van der Waals surface area contributed by atoms with Crippen LogP contribution in [-0.4, -0.2) is 30.5 Å². The van der Waals surface area contributed by atoms with E-state index in [1.807, 2.05) is 53.5 Å². The fourth-order valence-electron chi connectivity index (χ4n) is 2.77. The zero-order valence-electron chi connectivity index (χ0n) is 14.3. The molecule has 26 heavy (non-hydrogen) atoms. The second kappa shape index (κ2) is 6.76. The average Bonchev–Trinajstić information content (AvgIpc) is 3.29. The summed E-state index contributed by atoms with van der Waals surface area (Å²) in [5.74, 6) is 0.0324. The van der Waals surface area contributed by atoms with Crippen LogP contribution in [0.1, 0.15) is 12.5 Å². The Morgan fingerprint density at radius 1 is 1.23 bits per heavy atom. The molecule has 0 bridgehead atoms. The van der Waals surface area contributed by atoms with Gasteiger partial charge < -0.3 is 4.98 Å². The highest BCUT2D eigenvalue weighted by atomic mass is 16.1. The van der Waals surface area contributed by atoms with Crippen molar-refractivity contribution in [1.29, 1.82) is 0 Å². The first-order valence-corrected chi connectivity index (χ1v) is 8.31. The third-order valence-corrected chi connectivity index (χ3v) is 4.05. The van der Waals surface area contributed by atoms with Crippen molar-refractivity contribution in [1.82, 2.24) is 24.7 Å². The number of hydrogen-bond acceptors (Lipinski definition) is 4. The summed E-state index contributed by atoms with van der Waals surface area (Å²) in [5.41, 5.74) is 5.19. The molecular weight excluding hydrogens is 326 g/mol. The van der Waals surface area contributed by atoms with E-state index in [4.69, 9.17) is 4.98 Å². The zero-order chi connectivity index (χ0) is 17.9.